The van der Waals surface area contributed by atoms with Crippen LogP contribution in [0.2, 0.25) is 10.0 Å². The molecule has 0 unspecified atom stereocenters. The fourth-order valence-corrected chi connectivity index (χ4v) is 3.53. The minimum Gasteiger partial charge on any atom is -0.494 e. The molecule has 0 aliphatic heterocycles. The van der Waals surface area contributed by atoms with Crippen molar-refractivity contribution in [2.24, 2.45) is 0 Å². The lowest BCUT2D eigenvalue weighted by Gasteiger charge is -2.15. The largest absolute Gasteiger partial charge is 0.494 e. The summed E-state index contributed by atoms with van der Waals surface area (Å²) in [5, 5.41) is 4.44. The van der Waals surface area contributed by atoms with E-state index in [-0.39, 0.29) is 0 Å². The Morgan fingerprint density at radius 3 is 2.32 bits per heavy atom. The molecule has 0 atom stereocenters. The molecule has 0 saturated heterocycles. The molecular formula is C22H20BrCl2NO2. The summed E-state index contributed by atoms with van der Waals surface area (Å²) in [6.45, 7) is 3.56. The number of ether oxygens (including phenoxy) is 2. The predicted molar refractivity (Wildman–Crippen MR) is 120 cm³/mol. The summed E-state index contributed by atoms with van der Waals surface area (Å²) < 4.78 is 12.5. The Hall–Kier alpha value is -1.88. The normalized spacial score (nSPS) is 10.6. The van der Waals surface area contributed by atoms with Crippen LogP contribution in [0, 0.1) is 0 Å². The van der Waals surface area contributed by atoms with Gasteiger partial charge in [0.05, 0.1) is 11.6 Å². The molecule has 3 aromatic rings. The first-order chi connectivity index (χ1) is 13.5. The molecule has 0 saturated carbocycles. The van der Waals surface area contributed by atoms with Crippen molar-refractivity contribution in [2.75, 3.05) is 11.9 Å². The minimum atomic E-state index is 0.421. The third kappa shape index (κ3) is 5.81. The summed E-state index contributed by atoms with van der Waals surface area (Å²) in [5.74, 6) is 1.48. The molecular weight excluding hydrogens is 461 g/mol. The number of rotatable bonds is 8. The second-order valence-corrected chi connectivity index (χ2v) is 7.86. The monoisotopic (exact) mass is 479 g/mol. The van der Waals surface area contributed by atoms with Gasteiger partial charge in [-0.15, -0.1) is 0 Å². The second-order valence-electron chi connectivity index (χ2n) is 6.10. The highest BCUT2D eigenvalue weighted by atomic mass is 79.9. The Bertz CT molecular complexity index is 915. The Morgan fingerprint density at radius 1 is 0.929 bits per heavy atom. The predicted octanol–water partition coefficient (Wildman–Crippen LogP) is 7.35. The average molecular weight is 481 g/mol. The van der Waals surface area contributed by atoms with Gasteiger partial charge in [-0.2, -0.15) is 0 Å². The minimum absolute atomic E-state index is 0.421. The van der Waals surface area contributed by atoms with E-state index in [1.54, 1.807) is 6.07 Å². The Kier molecular flexibility index (Phi) is 7.49. The lowest BCUT2D eigenvalue weighted by molar-refractivity contribution is 0.303. The van der Waals surface area contributed by atoms with E-state index in [4.69, 9.17) is 32.7 Å². The summed E-state index contributed by atoms with van der Waals surface area (Å²) in [6, 6.07) is 19.3. The van der Waals surface area contributed by atoms with Gasteiger partial charge >= 0.3 is 0 Å². The number of nitrogens with one attached hydrogen (secondary N) is 1. The molecule has 3 aromatic carbocycles. The zero-order valence-electron chi connectivity index (χ0n) is 15.3. The number of hydrogen-bond acceptors (Lipinski definition) is 3. The maximum Gasteiger partial charge on any atom is 0.143 e. The Morgan fingerprint density at radius 2 is 1.64 bits per heavy atom. The number of anilines is 1. The molecule has 0 aliphatic rings. The van der Waals surface area contributed by atoms with E-state index in [0.717, 1.165) is 27.0 Å². The van der Waals surface area contributed by atoms with Crippen molar-refractivity contribution in [2.45, 2.75) is 20.1 Å². The highest BCUT2D eigenvalue weighted by Crippen LogP contribution is 2.34. The SMILES string of the molecule is CCOc1ccc(NCc2cc(Cl)cc(Cl)c2OCc2ccc(Br)cc2)cc1. The van der Waals surface area contributed by atoms with E-state index < -0.39 is 0 Å². The topological polar surface area (TPSA) is 30.5 Å². The van der Waals surface area contributed by atoms with Crippen LogP contribution >= 0.6 is 39.1 Å². The Labute approximate surface area is 183 Å². The number of benzene rings is 3. The van der Waals surface area contributed by atoms with Crippen LogP contribution < -0.4 is 14.8 Å². The standard InChI is InChI=1S/C22H20BrCl2NO2/c1-2-27-20-9-7-19(8-10-20)26-13-16-11-18(24)12-21(25)22(16)28-14-15-3-5-17(23)6-4-15/h3-12,26H,2,13-14H2,1H3. The molecule has 146 valence electrons. The molecule has 0 fully saturated rings. The van der Waals surface area contributed by atoms with Crippen molar-refractivity contribution in [1.29, 1.82) is 0 Å². The average Bonchev–Trinajstić information content (AvgIpc) is 2.68. The number of halogens is 3. The molecule has 0 heterocycles. The fraction of sp³-hybridized carbons (Fsp3) is 0.182. The van der Waals surface area contributed by atoms with Crippen LogP contribution in [0.4, 0.5) is 5.69 Å². The maximum atomic E-state index is 6.40. The zero-order chi connectivity index (χ0) is 19.9. The molecule has 6 heteroatoms. The van der Waals surface area contributed by atoms with Crippen molar-refractivity contribution < 1.29 is 9.47 Å². The second kappa shape index (κ2) is 10.1. The third-order valence-corrected chi connectivity index (χ3v) is 5.06. The van der Waals surface area contributed by atoms with E-state index in [1.807, 2.05) is 61.5 Å². The van der Waals surface area contributed by atoms with Crippen molar-refractivity contribution in [3.05, 3.63) is 86.3 Å². The van der Waals surface area contributed by atoms with Gasteiger partial charge in [-0.3, -0.25) is 0 Å². The summed E-state index contributed by atoms with van der Waals surface area (Å²) in [5.41, 5.74) is 2.92. The van der Waals surface area contributed by atoms with Crippen molar-refractivity contribution in [3.63, 3.8) is 0 Å². The van der Waals surface area contributed by atoms with Gasteiger partial charge in [0, 0.05) is 27.3 Å². The number of hydrogen-bond donors (Lipinski definition) is 1. The molecule has 0 radical (unpaired) electrons. The van der Waals surface area contributed by atoms with Gasteiger partial charge in [-0.05, 0) is 61.0 Å². The van der Waals surface area contributed by atoms with Crippen molar-refractivity contribution in [1.82, 2.24) is 0 Å². The van der Waals surface area contributed by atoms with E-state index in [2.05, 4.69) is 21.2 Å². The summed E-state index contributed by atoms with van der Waals surface area (Å²) in [4.78, 5) is 0. The van der Waals surface area contributed by atoms with Gasteiger partial charge in [0.25, 0.3) is 0 Å². The lowest BCUT2D eigenvalue weighted by Crippen LogP contribution is -2.04. The van der Waals surface area contributed by atoms with Crippen molar-refractivity contribution >= 4 is 44.8 Å². The van der Waals surface area contributed by atoms with Gasteiger partial charge in [-0.25, -0.2) is 0 Å². The van der Waals surface area contributed by atoms with Crippen LogP contribution in [0.15, 0.2) is 65.1 Å². The third-order valence-electron chi connectivity index (χ3n) is 4.03. The molecule has 3 rings (SSSR count). The van der Waals surface area contributed by atoms with Gasteiger partial charge in [0.2, 0.25) is 0 Å². The van der Waals surface area contributed by atoms with Crippen LogP contribution in [0.5, 0.6) is 11.5 Å². The smallest absolute Gasteiger partial charge is 0.143 e. The van der Waals surface area contributed by atoms with E-state index in [9.17, 15) is 0 Å². The van der Waals surface area contributed by atoms with Crippen molar-refractivity contribution in [3.8, 4) is 11.5 Å². The van der Waals surface area contributed by atoms with Crippen LogP contribution in [-0.2, 0) is 13.2 Å². The molecule has 1 N–H and O–H groups in total. The summed E-state index contributed by atoms with van der Waals surface area (Å²) in [6.07, 6.45) is 0. The molecule has 0 aliphatic carbocycles. The Balaban J connectivity index is 1.71. The van der Waals surface area contributed by atoms with E-state index in [1.165, 1.54) is 0 Å². The molecule has 3 nitrogen and oxygen atoms in total. The molecule has 0 spiro atoms. The van der Waals surface area contributed by atoms with E-state index in [0.29, 0.717) is 35.6 Å². The fourth-order valence-electron chi connectivity index (χ4n) is 2.68. The summed E-state index contributed by atoms with van der Waals surface area (Å²) >= 11 is 16.0. The van der Waals surface area contributed by atoms with Crippen LogP contribution in [0.25, 0.3) is 0 Å². The van der Waals surface area contributed by atoms with Crippen LogP contribution in [0.3, 0.4) is 0 Å². The molecule has 0 aromatic heterocycles. The first kappa shape index (κ1) is 20.8. The van der Waals surface area contributed by atoms with Gasteiger partial charge in [0.15, 0.2) is 0 Å². The van der Waals surface area contributed by atoms with Crippen LogP contribution in [0.1, 0.15) is 18.1 Å². The van der Waals surface area contributed by atoms with E-state index >= 15 is 0 Å². The first-order valence-corrected chi connectivity index (χ1v) is 10.4. The molecule has 28 heavy (non-hydrogen) atoms. The van der Waals surface area contributed by atoms with Crippen LogP contribution in [-0.4, -0.2) is 6.61 Å². The maximum absolute atomic E-state index is 6.40. The molecule has 0 amide bonds. The lowest BCUT2D eigenvalue weighted by atomic mass is 10.2. The quantitative estimate of drug-likeness (QED) is 0.365. The first-order valence-electron chi connectivity index (χ1n) is 8.87. The zero-order valence-corrected chi connectivity index (χ0v) is 18.4. The van der Waals surface area contributed by atoms with Gasteiger partial charge in [-0.1, -0.05) is 51.3 Å². The highest BCUT2D eigenvalue weighted by Gasteiger charge is 2.11. The molecule has 0 bridgehead atoms. The van der Waals surface area contributed by atoms with Gasteiger partial charge < -0.3 is 14.8 Å². The highest BCUT2D eigenvalue weighted by molar-refractivity contribution is 9.10. The summed E-state index contributed by atoms with van der Waals surface area (Å²) in [7, 11) is 0. The van der Waals surface area contributed by atoms with Gasteiger partial charge in [0.1, 0.15) is 18.1 Å².